The molecule has 1 fully saturated rings. The predicted molar refractivity (Wildman–Crippen MR) is 83.6 cm³/mol. The second-order valence-electron chi connectivity index (χ2n) is 6.16. The van der Waals surface area contributed by atoms with E-state index in [0.29, 0.717) is 12.5 Å². The lowest BCUT2D eigenvalue weighted by Crippen LogP contribution is -2.27. The summed E-state index contributed by atoms with van der Waals surface area (Å²) in [6.07, 6.45) is 5.03. The topological polar surface area (TPSA) is 15.3 Å². The molecule has 3 heteroatoms. The first-order valence-corrected chi connectivity index (χ1v) is 7.91. The molecule has 0 amide bonds. The number of rotatable bonds is 5. The number of nitrogens with one attached hydrogen (secondary N) is 1. The Morgan fingerprint density at radius 3 is 2.50 bits per heavy atom. The van der Waals surface area contributed by atoms with Crippen molar-refractivity contribution >= 4 is 5.69 Å². The lowest BCUT2D eigenvalue weighted by molar-refractivity contribution is 0.534. The van der Waals surface area contributed by atoms with Gasteiger partial charge in [-0.2, -0.15) is 0 Å². The van der Waals surface area contributed by atoms with Crippen molar-refractivity contribution < 1.29 is 4.39 Å². The van der Waals surface area contributed by atoms with E-state index in [0.717, 1.165) is 30.9 Å². The van der Waals surface area contributed by atoms with Crippen molar-refractivity contribution in [2.75, 3.05) is 24.5 Å². The Bertz CT molecular complexity index is 409. The number of nitrogens with zero attached hydrogens (tertiary/aromatic N) is 1. The number of hydrogen-bond acceptors (Lipinski definition) is 2. The van der Waals surface area contributed by atoms with Gasteiger partial charge in [0, 0.05) is 30.9 Å². The smallest absolute Gasteiger partial charge is 0.129 e. The molecular formula is C17H27FN2. The molecule has 20 heavy (non-hydrogen) atoms. The molecule has 0 aromatic heterocycles. The van der Waals surface area contributed by atoms with Crippen LogP contribution in [0, 0.1) is 11.7 Å². The van der Waals surface area contributed by atoms with Crippen molar-refractivity contribution in [3.8, 4) is 0 Å². The van der Waals surface area contributed by atoms with E-state index in [4.69, 9.17) is 0 Å². The zero-order valence-corrected chi connectivity index (χ0v) is 12.8. The highest BCUT2D eigenvalue weighted by atomic mass is 19.1. The molecule has 1 N–H and O–H groups in total. The lowest BCUT2D eigenvalue weighted by Gasteiger charge is -2.26. The molecule has 0 bridgehead atoms. The van der Waals surface area contributed by atoms with Crippen molar-refractivity contribution in [3.63, 3.8) is 0 Å². The number of anilines is 1. The summed E-state index contributed by atoms with van der Waals surface area (Å²) < 4.78 is 14.2. The fourth-order valence-electron chi connectivity index (χ4n) is 2.82. The van der Waals surface area contributed by atoms with Gasteiger partial charge in [-0.25, -0.2) is 4.39 Å². The van der Waals surface area contributed by atoms with Gasteiger partial charge in [-0.3, -0.25) is 0 Å². The SMILES string of the molecule is CC(C)CNCc1c(F)cccc1N1CCCCCC1. The van der Waals surface area contributed by atoms with Crippen LogP contribution in [-0.4, -0.2) is 19.6 Å². The van der Waals surface area contributed by atoms with E-state index in [2.05, 4.69) is 30.1 Å². The summed E-state index contributed by atoms with van der Waals surface area (Å²) in [5, 5.41) is 3.37. The predicted octanol–water partition coefficient (Wildman–Crippen LogP) is 3.95. The molecule has 0 saturated carbocycles. The highest BCUT2D eigenvalue weighted by Crippen LogP contribution is 2.26. The molecule has 1 aliphatic heterocycles. The third-order valence-electron chi connectivity index (χ3n) is 3.90. The number of hydrogen-bond donors (Lipinski definition) is 1. The van der Waals surface area contributed by atoms with E-state index < -0.39 is 0 Å². The van der Waals surface area contributed by atoms with Gasteiger partial charge < -0.3 is 10.2 Å². The molecule has 0 aliphatic carbocycles. The van der Waals surface area contributed by atoms with Gasteiger partial charge in [0.15, 0.2) is 0 Å². The minimum absolute atomic E-state index is 0.0806. The maximum Gasteiger partial charge on any atom is 0.129 e. The van der Waals surface area contributed by atoms with Crippen LogP contribution in [0.1, 0.15) is 45.1 Å². The Balaban J connectivity index is 2.12. The summed E-state index contributed by atoms with van der Waals surface area (Å²) in [6.45, 7) is 8.00. The molecule has 2 rings (SSSR count). The quantitative estimate of drug-likeness (QED) is 0.877. The Morgan fingerprint density at radius 1 is 1.15 bits per heavy atom. The zero-order valence-electron chi connectivity index (χ0n) is 12.8. The van der Waals surface area contributed by atoms with Gasteiger partial charge in [0.2, 0.25) is 0 Å². The van der Waals surface area contributed by atoms with E-state index in [1.165, 1.54) is 25.7 Å². The van der Waals surface area contributed by atoms with E-state index in [1.807, 2.05) is 6.07 Å². The van der Waals surface area contributed by atoms with E-state index >= 15 is 0 Å². The van der Waals surface area contributed by atoms with Crippen LogP contribution >= 0.6 is 0 Å². The highest BCUT2D eigenvalue weighted by Gasteiger charge is 2.16. The summed E-state index contributed by atoms with van der Waals surface area (Å²) in [7, 11) is 0. The van der Waals surface area contributed by atoms with E-state index in [-0.39, 0.29) is 5.82 Å². The van der Waals surface area contributed by atoms with E-state index in [9.17, 15) is 4.39 Å². The van der Waals surface area contributed by atoms with Crippen LogP contribution in [0.2, 0.25) is 0 Å². The van der Waals surface area contributed by atoms with Crippen molar-refractivity contribution in [1.29, 1.82) is 0 Å². The van der Waals surface area contributed by atoms with Gasteiger partial charge in [-0.05, 0) is 37.4 Å². The van der Waals surface area contributed by atoms with Crippen LogP contribution in [0.25, 0.3) is 0 Å². The van der Waals surface area contributed by atoms with Gasteiger partial charge in [0.25, 0.3) is 0 Å². The van der Waals surface area contributed by atoms with Gasteiger partial charge in [-0.1, -0.05) is 32.8 Å². The third kappa shape index (κ3) is 4.20. The summed E-state index contributed by atoms with van der Waals surface area (Å²) in [6, 6.07) is 5.48. The van der Waals surface area contributed by atoms with Crippen LogP contribution in [0.5, 0.6) is 0 Å². The Morgan fingerprint density at radius 2 is 1.85 bits per heavy atom. The first-order chi connectivity index (χ1) is 9.68. The molecule has 1 saturated heterocycles. The fourth-order valence-corrected chi connectivity index (χ4v) is 2.82. The van der Waals surface area contributed by atoms with Crippen molar-refractivity contribution in [1.82, 2.24) is 5.32 Å². The van der Waals surface area contributed by atoms with Crippen molar-refractivity contribution in [2.45, 2.75) is 46.1 Å². The number of halogens is 1. The zero-order chi connectivity index (χ0) is 14.4. The molecule has 0 radical (unpaired) electrons. The fraction of sp³-hybridized carbons (Fsp3) is 0.647. The van der Waals surface area contributed by atoms with Gasteiger partial charge in [0.1, 0.15) is 5.82 Å². The van der Waals surface area contributed by atoms with Crippen molar-refractivity contribution in [2.24, 2.45) is 5.92 Å². The van der Waals surface area contributed by atoms with Gasteiger partial charge in [-0.15, -0.1) is 0 Å². The molecule has 0 atom stereocenters. The van der Waals surface area contributed by atoms with Crippen LogP contribution in [0.15, 0.2) is 18.2 Å². The molecule has 2 nitrogen and oxygen atoms in total. The van der Waals surface area contributed by atoms with Gasteiger partial charge in [0.05, 0.1) is 0 Å². The molecule has 1 aromatic carbocycles. The van der Waals surface area contributed by atoms with Gasteiger partial charge >= 0.3 is 0 Å². The minimum Gasteiger partial charge on any atom is -0.371 e. The lowest BCUT2D eigenvalue weighted by atomic mass is 10.1. The average Bonchev–Trinajstić information content (AvgIpc) is 2.69. The second kappa shape index (κ2) is 7.63. The Hall–Kier alpha value is -1.09. The molecule has 1 heterocycles. The largest absolute Gasteiger partial charge is 0.371 e. The maximum absolute atomic E-state index is 14.2. The molecule has 1 aliphatic rings. The second-order valence-corrected chi connectivity index (χ2v) is 6.16. The molecule has 1 aromatic rings. The minimum atomic E-state index is -0.0806. The average molecular weight is 278 g/mol. The van der Waals surface area contributed by atoms with Crippen molar-refractivity contribution in [3.05, 3.63) is 29.6 Å². The Kier molecular flexibility index (Phi) is 5.84. The van der Waals surface area contributed by atoms with Crippen LogP contribution < -0.4 is 10.2 Å². The maximum atomic E-state index is 14.2. The first kappa shape index (κ1) is 15.3. The molecule has 112 valence electrons. The molecular weight excluding hydrogens is 251 g/mol. The standard InChI is InChI=1S/C17H27FN2/c1-14(2)12-19-13-15-16(18)8-7-9-17(15)20-10-5-3-4-6-11-20/h7-9,14,19H,3-6,10-13H2,1-2H3. The Labute approximate surface area is 122 Å². The van der Waals surface area contributed by atoms with E-state index in [1.54, 1.807) is 6.07 Å². The monoisotopic (exact) mass is 278 g/mol. The molecule has 0 spiro atoms. The summed E-state index contributed by atoms with van der Waals surface area (Å²) >= 11 is 0. The van der Waals surface area contributed by atoms with Crippen LogP contribution in [0.4, 0.5) is 10.1 Å². The number of benzene rings is 1. The highest BCUT2D eigenvalue weighted by molar-refractivity contribution is 5.54. The summed E-state index contributed by atoms with van der Waals surface area (Å²) in [4.78, 5) is 2.36. The summed E-state index contributed by atoms with van der Waals surface area (Å²) in [5.74, 6) is 0.506. The van der Waals surface area contributed by atoms with Crippen LogP contribution in [0.3, 0.4) is 0 Å². The first-order valence-electron chi connectivity index (χ1n) is 7.91. The molecule has 0 unspecified atom stereocenters. The normalized spacial score (nSPS) is 16.5. The summed E-state index contributed by atoms with van der Waals surface area (Å²) in [5.41, 5.74) is 1.92. The third-order valence-corrected chi connectivity index (χ3v) is 3.90. The van der Waals surface area contributed by atoms with Crippen LogP contribution in [-0.2, 0) is 6.54 Å².